The number of methoxy groups -OCH3 is 1. The minimum absolute atomic E-state index is 0.177. The van der Waals surface area contributed by atoms with Crippen molar-refractivity contribution in [2.75, 3.05) is 26.7 Å². The molecule has 0 spiro atoms. The van der Waals surface area contributed by atoms with E-state index in [1.807, 2.05) is 0 Å². The zero-order chi connectivity index (χ0) is 22.8. The predicted octanol–water partition coefficient (Wildman–Crippen LogP) is 4.05. The molecule has 4 rings (SSSR count). The van der Waals surface area contributed by atoms with Gasteiger partial charge in [-0.25, -0.2) is 4.79 Å². The Morgan fingerprint density at radius 1 is 1.19 bits per heavy atom. The van der Waals surface area contributed by atoms with Crippen molar-refractivity contribution in [1.82, 2.24) is 9.80 Å². The average Bonchev–Trinajstić information content (AvgIpc) is 3.52. The quantitative estimate of drug-likeness (QED) is 0.476. The van der Waals surface area contributed by atoms with Crippen molar-refractivity contribution in [3.8, 4) is 11.3 Å². The van der Waals surface area contributed by atoms with E-state index in [2.05, 4.69) is 0 Å². The number of halogens is 1. The van der Waals surface area contributed by atoms with Crippen LogP contribution in [0.2, 0.25) is 5.02 Å². The maximum atomic E-state index is 12.7. The van der Waals surface area contributed by atoms with Gasteiger partial charge < -0.3 is 14.1 Å². The lowest BCUT2D eigenvalue weighted by Crippen LogP contribution is -2.40. The van der Waals surface area contributed by atoms with Gasteiger partial charge in [-0.05, 0) is 54.9 Å². The molecule has 3 heterocycles. The van der Waals surface area contributed by atoms with Crippen LogP contribution in [0.25, 0.3) is 17.4 Å². The number of furan rings is 1. The number of carbonyl (C=O) groups excluding carboxylic acids is 4. The highest BCUT2D eigenvalue weighted by Crippen LogP contribution is 2.34. The van der Waals surface area contributed by atoms with E-state index in [9.17, 15) is 19.2 Å². The Morgan fingerprint density at radius 3 is 2.66 bits per heavy atom. The number of imide groups is 1. The van der Waals surface area contributed by atoms with Crippen molar-refractivity contribution in [3.63, 3.8) is 0 Å². The summed E-state index contributed by atoms with van der Waals surface area (Å²) in [6.45, 7) is 1.05. The van der Waals surface area contributed by atoms with Crippen LogP contribution in [-0.2, 0) is 14.3 Å². The summed E-state index contributed by atoms with van der Waals surface area (Å²) in [6, 6.07) is 8.13. The number of esters is 1. The second-order valence-electron chi connectivity index (χ2n) is 7.24. The summed E-state index contributed by atoms with van der Waals surface area (Å²) in [6.07, 6.45) is 3.33. The standard InChI is InChI=1S/C22H19ClN2O6S/c1-30-21(28)15-10-13(4-6-16(15)23)17-7-5-14(31-17)11-18-20(27)25(22(29)32-18)12-19(26)24-8-2-3-9-24/h4-7,10-11H,2-3,8-9,12H2,1H3/b18-11-. The fraction of sp³-hybridized carbons (Fsp3) is 0.273. The van der Waals surface area contributed by atoms with Crippen LogP contribution in [0.1, 0.15) is 29.0 Å². The van der Waals surface area contributed by atoms with Gasteiger partial charge >= 0.3 is 5.97 Å². The highest BCUT2D eigenvalue weighted by molar-refractivity contribution is 8.18. The van der Waals surface area contributed by atoms with Crippen LogP contribution >= 0.6 is 23.4 Å². The van der Waals surface area contributed by atoms with Crippen LogP contribution in [0.3, 0.4) is 0 Å². The van der Waals surface area contributed by atoms with Crippen molar-refractivity contribution in [2.24, 2.45) is 0 Å². The summed E-state index contributed by atoms with van der Waals surface area (Å²) in [5.41, 5.74) is 0.798. The average molecular weight is 475 g/mol. The molecule has 0 N–H and O–H groups in total. The second kappa shape index (κ2) is 9.22. The van der Waals surface area contributed by atoms with Gasteiger partial charge in [0.05, 0.1) is 22.6 Å². The van der Waals surface area contributed by atoms with Crippen molar-refractivity contribution in [2.45, 2.75) is 12.8 Å². The van der Waals surface area contributed by atoms with E-state index in [-0.39, 0.29) is 27.9 Å². The molecule has 2 aliphatic rings. The number of rotatable bonds is 5. The fourth-order valence-electron chi connectivity index (χ4n) is 3.50. The lowest BCUT2D eigenvalue weighted by atomic mass is 10.1. The van der Waals surface area contributed by atoms with Crippen molar-refractivity contribution >= 4 is 52.5 Å². The number of ether oxygens (including phenoxy) is 1. The Bertz CT molecular complexity index is 1140. The molecule has 32 heavy (non-hydrogen) atoms. The van der Waals surface area contributed by atoms with Gasteiger partial charge in [0, 0.05) is 24.7 Å². The van der Waals surface area contributed by atoms with Crippen LogP contribution in [0.4, 0.5) is 4.79 Å². The molecule has 3 amide bonds. The molecular formula is C22H19ClN2O6S. The van der Waals surface area contributed by atoms with E-state index in [4.69, 9.17) is 20.8 Å². The molecule has 2 saturated heterocycles. The summed E-state index contributed by atoms with van der Waals surface area (Å²) in [4.78, 5) is 52.0. The van der Waals surface area contributed by atoms with E-state index in [1.165, 1.54) is 13.2 Å². The SMILES string of the molecule is COC(=O)c1cc(-c2ccc(/C=C3\SC(=O)N(CC(=O)N4CCCC4)C3=O)o2)ccc1Cl. The van der Waals surface area contributed by atoms with E-state index >= 15 is 0 Å². The van der Waals surface area contributed by atoms with Crippen LogP contribution in [-0.4, -0.2) is 59.6 Å². The van der Waals surface area contributed by atoms with E-state index < -0.39 is 17.1 Å². The maximum Gasteiger partial charge on any atom is 0.339 e. The lowest BCUT2D eigenvalue weighted by molar-refractivity contribution is -0.135. The molecule has 2 aromatic rings. The van der Waals surface area contributed by atoms with Gasteiger partial charge in [0.15, 0.2) is 0 Å². The van der Waals surface area contributed by atoms with Gasteiger partial charge in [-0.2, -0.15) is 0 Å². The Morgan fingerprint density at radius 2 is 1.94 bits per heavy atom. The molecule has 0 bridgehead atoms. The fourth-order valence-corrected chi connectivity index (χ4v) is 4.51. The van der Waals surface area contributed by atoms with Crippen molar-refractivity contribution < 1.29 is 28.3 Å². The zero-order valence-electron chi connectivity index (χ0n) is 17.1. The zero-order valence-corrected chi connectivity index (χ0v) is 18.7. The monoisotopic (exact) mass is 474 g/mol. The van der Waals surface area contributed by atoms with Crippen LogP contribution < -0.4 is 0 Å². The number of carbonyl (C=O) groups is 4. The molecule has 8 nitrogen and oxygen atoms in total. The summed E-state index contributed by atoms with van der Waals surface area (Å²) >= 11 is 6.82. The molecule has 1 aromatic heterocycles. The normalized spacial score (nSPS) is 17.5. The number of amides is 3. The molecule has 0 aliphatic carbocycles. The minimum atomic E-state index is -0.569. The van der Waals surface area contributed by atoms with Crippen LogP contribution in [0.5, 0.6) is 0 Å². The third kappa shape index (κ3) is 4.44. The maximum absolute atomic E-state index is 12.7. The smallest absolute Gasteiger partial charge is 0.339 e. The molecule has 10 heteroatoms. The Hall–Kier alpha value is -3.04. The van der Waals surface area contributed by atoms with Gasteiger partial charge in [0.1, 0.15) is 18.1 Å². The molecule has 0 atom stereocenters. The summed E-state index contributed by atoms with van der Waals surface area (Å²) in [5, 5.41) is -0.231. The van der Waals surface area contributed by atoms with Gasteiger partial charge in [0.2, 0.25) is 5.91 Å². The highest BCUT2D eigenvalue weighted by Gasteiger charge is 2.37. The first kappa shape index (κ1) is 22.2. The molecule has 0 radical (unpaired) electrons. The predicted molar refractivity (Wildman–Crippen MR) is 119 cm³/mol. The van der Waals surface area contributed by atoms with Gasteiger partial charge in [0.25, 0.3) is 11.1 Å². The third-order valence-corrected chi connectivity index (χ3v) is 6.42. The highest BCUT2D eigenvalue weighted by atomic mass is 35.5. The molecule has 2 aliphatic heterocycles. The first-order valence-corrected chi connectivity index (χ1v) is 11.1. The van der Waals surface area contributed by atoms with Crippen LogP contribution in [0.15, 0.2) is 39.7 Å². The van der Waals surface area contributed by atoms with E-state index in [0.717, 1.165) is 29.5 Å². The number of hydrogen-bond acceptors (Lipinski definition) is 7. The van der Waals surface area contributed by atoms with Gasteiger partial charge in [-0.3, -0.25) is 19.3 Å². The number of thioether (sulfide) groups is 1. The van der Waals surface area contributed by atoms with E-state index in [0.29, 0.717) is 30.2 Å². The van der Waals surface area contributed by atoms with E-state index in [1.54, 1.807) is 35.2 Å². The molecule has 166 valence electrons. The Labute approximate surface area is 193 Å². The first-order chi connectivity index (χ1) is 15.4. The molecule has 0 unspecified atom stereocenters. The summed E-state index contributed by atoms with van der Waals surface area (Å²) in [7, 11) is 1.27. The number of likely N-dealkylation sites (tertiary alicyclic amines) is 1. The van der Waals surface area contributed by atoms with Gasteiger partial charge in [-0.1, -0.05) is 11.6 Å². The lowest BCUT2D eigenvalue weighted by Gasteiger charge is -2.18. The Balaban J connectivity index is 1.51. The number of hydrogen-bond donors (Lipinski definition) is 0. The third-order valence-electron chi connectivity index (χ3n) is 5.18. The molecule has 2 fully saturated rings. The summed E-state index contributed by atoms with van der Waals surface area (Å²) < 4.78 is 10.5. The topological polar surface area (TPSA) is 97.1 Å². The van der Waals surface area contributed by atoms with Crippen molar-refractivity contribution in [1.29, 1.82) is 0 Å². The largest absolute Gasteiger partial charge is 0.465 e. The minimum Gasteiger partial charge on any atom is -0.465 e. The molecule has 1 aromatic carbocycles. The van der Waals surface area contributed by atoms with Crippen molar-refractivity contribution in [3.05, 3.63) is 51.6 Å². The first-order valence-electron chi connectivity index (χ1n) is 9.88. The number of benzene rings is 1. The van der Waals surface area contributed by atoms with Gasteiger partial charge in [-0.15, -0.1) is 0 Å². The number of nitrogens with zero attached hydrogens (tertiary/aromatic N) is 2. The molecular weight excluding hydrogens is 456 g/mol. The Kier molecular flexibility index (Phi) is 6.38. The molecule has 0 saturated carbocycles. The van der Waals surface area contributed by atoms with Crippen LogP contribution in [0, 0.1) is 0 Å². The summed E-state index contributed by atoms with van der Waals surface area (Å²) in [5.74, 6) is -0.520. The second-order valence-corrected chi connectivity index (χ2v) is 8.64.